The van der Waals surface area contributed by atoms with Gasteiger partial charge in [0.05, 0.1) is 41.8 Å². The van der Waals surface area contributed by atoms with Crippen molar-refractivity contribution in [2.45, 2.75) is 58.3 Å². The molecule has 4 heterocycles. The fraction of sp³-hybridized carbons (Fsp3) is 0.487. The summed E-state index contributed by atoms with van der Waals surface area (Å²) in [5, 5.41) is 3.77. The number of piperidine rings is 1. The van der Waals surface area contributed by atoms with E-state index in [0.29, 0.717) is 12.6 Å². The Kier molecular flexibility index (Phi) is 11.2. The zero-order valence-electron chi connectivity index (χ0n) is 28.9. The van der Waals surface area contributed by atoms with E-state index in [2.05, 4.69) is 71.6 Å². The predicted molar refractivity (Wildman–Crippen MR) is 195 cm³/mol. The molecule has 260 valence electrons. The van der Waals surface area contributed by atoms with E-state index in [1.807, 2.05) is 25.1 Å². The monoisotopic (exact) mass is 666 g/mol. The Bertz CT molecular complexity index is 1770. The van der Waals surface area contributed by atoms with Crippen LogP contribution in [0.1, 0.15) is 44.0 Å². The third-order valence-corrected chi connectivity index (χ3v) is 10.3. The van der Waals surface area contributed by atoms with Crippen LogP contribution in [0.3, 0.4) is 0 Å². The molecule has 49 heavy (non-hydrogen) atoms. The number of hydrogen-bond donors (Lipinski definition) is 1. The smallest absolute Gasteiger partial charge is 0.204 e. The normalized spacial score (nSPS) is 17.0. The van der Waals surface area contributed by atoms with Gasteiger partial charge in [-0.25, -0.2) is 14.4 Å². The molecule has 3 aromatic carbocycles. The molecule has 2 saturated heterocycles. The van der Waals surface area contributed by atoms with Crippen LogP contribution < -0.4 is 5.32 Å². The van der Waals surface area contributed by atoms with Crippen molar-refractivity contribution < 1.29 is 9.13 Å². The van der Waals surface area contributed by atoms with Gasteiger partial charge in [-0.05, 0) is 87.7 Å². The molecule has 10 heteroatoms. The van der Waals surface area contributed by atoms with Gasteiger partial charge < -0.3 is 29.0 Å². The van der Waals surface area contributed by atoms with E-state index in [-0.39, 0.29) is 5.82 Å². The van der Waals surface area contributed by atoms with Crippen molar-refractivity contribution >= 4 is 28.0 Å². The molecule has 2 fully saturated rings. The highest BCUT2D eigenvalue weighted by Gasteiger charge is 2.23. The zero-order valence-corrected chi connectivity index (χ0v) is 28.9. The van der Waals surface area contributed by atoms with Crippen molar-refractivity contribution in [3.63, 3.8) is 0 Å². The Balaban J connectivity index is 0.824. The summed E-state index contributed by atoms with van der Waals surface area (Å²) in [7, 11) is 0. The van der Waals surface area contributed by atoms with E-state index >= 15 is 0 Å². The quantitative estimate of drug-likeness (QED) is 0.136. The van der Waals surface area contributed by atoms with Gasteiger partial charge >= 0.3 is 0 Å². The van der Waals surface area contributed by atoms with Crippen LogP contribution in [-0.4, -0.2) is 105 Å². The van der Waals surface area contributed by atoms with Gasteiger partial charge in [-0.1, -0.05) is 36.4 Å². The number of ether oxygens (including phenoxy) is 1. The molecule has 0 radical (unpaired) electrons. The highest BCUT2D eigenvalue weighted by molar-refractivity contribution is 5.79. The lowest BCUT2D eigenvalue weighted by Gasteiger charge is -2.35. The molecular weight excluding hydrogens is 615 g/mol. The zero-order chi connectivity index (χ0) is 33.4. The number of nitrogens with one attached hydrogen (secondary N) is 1. The van der Waals surface area contributed by atoms with Gasteiger partial charge in [0.25, 0.3) is 0 Å². The minimum Gasteiger partial charge on any atom is -0.380 e. The number of likely N-dealkylation sites (tertiary alicyclic amines) is 1. The number of imidazole rings is 2. The summed E-state index contributed by atoms with van der Waals surface area (Å²) in [5.74, 6) is 1.85. The topological polar surface area (TPSA) is 66.6 Å². The molecule has 1 N–H and O–H groups in total. The molecule has 2 aromatic heterocycles. The maximum atomic E-state index is 13.5. The lowest BCUT2D eigenvalue weighted by atomic mass is 10.0. The Labute approximate surface area is 289 Å². The molecule has 2 aliphatic heterocycles. The number of para-hydroxylation sites is 4. The predicted octanol–water partition coefficient (Wildman–Crippen LogP) is 6.08. The molecule has 0 aliphatic carbocycles. The molecule has 9 nitrogen and oxygen atoms in total. The van der Waals surface area contributed by atoms with Crippen molar-refractivity contribution in [1.82, 2.24) is 33.8 Å². The average molecular weight is 667 g/mol. The fourth-order valence-electron chi connectivity index (χ4n) is 7.44. The highest BCUT2D eigenvalue weighted by atomic mass is 19.1. The van der Waals surface area contributed by atoms with Gasteiger partial charge in [0.2, 0.25) is 5.95 Å². The van der Waals surface area contributed by atoms with E-state index in [9.17, 15) is 4.39 Å². The second-order valence-electron chi connectivity index (χ2n) is 13.6. The van der Waals surface area contributed by atoms with Crippen LogP contribution in [0.2, 0.25) is 0 Å². The molecule has 0 unspecified atom stereocenters. The van der Waals surface area contributed by atoms with Gasteiger partial charge in [0, 0.05) is 58.5 Å². The van der Waals surface area contributed by atoms with Crippen molar-refractivity contribution in [3.05, 3.63) is 90.0 Å². The second kappa shape index (κ2) is 16.3. The first-order chi connectivity index (χ1) is 24.1. The van der Waals surface area contributed by atoms with Crippen molar-refractivity contribution in [1.29, 1.82) is 0 Å². The van der Waals surface area contributed by atoms with Crippen LogP contribution in [0.25, 0.3) is 22.1 Å². The maximum Gasteiger partial charge on any atom is 0.204 e. The van der Waals surface area contributed by atoms with E-state index < -0.39 is 0 Å². The van der Waals surface area contributed by atoms with Crippen LogP contribution in [0.5, 0.6) is 0 Å². The number of rotatable bonds is 15. The fourth-order valence-corrected chi connectivity index (χ4v) is 7.44. The summed E-state index contributed by atoms with van der Waals surface area (Å²) in [4.78, 5) is 17.8. The van der Waals surface area contributed by atoms with E-state index in [1.54, 1.807) is 0 Å². The molecule has 0 atom stereocenters. The third kappa shape index (κ3) is 8.49. The molecule has 0 bridgehead atoms. The molecule has 0 saturated carbocycles. The number of nitrogens with zero attached hydrogens (tertiary/aromatic N) is 7. The van der Waals surface area contributed by atoms with Crippen molar-refractivity contribution in [2.75, 3.05) is 70.9 Å². The molecule has 5 aromatic rings. The number of piperazine rings is 1. The first-order valence-corrected chi connectivity index (χ1v) is 18.3. The highest BCUT2D eigenvalue weighted by Crippen LogP contribution is 2.24. The van der Waals surface area contributed by atoms with E-state index in [1.165, 1.54) is 43.6 Å². The molecule has 7 rings (SSSR count). The molecular formula is C39H51FN8O. The maximum absolute atomic E-state index is 13.5. The van der Waals surface area contributed by atoms with Crippen LogP contribution in [0.15, 0.2) is 72.8 Å². The van der Waals surface area contributed by atoms with Crippen LogP contribution >= 0.6 is 0 Å². The Morgan fingerprint density at radius 1 is 0.694 bits per heavy atom. The van der Waals surface area contributed by atoms with Crippen LogP contribution in [0.4, 0.5) is 10.3 Å². The first-order valence-electron chi connectivity index (χ1n) is 18.3. The number of halogens is 1. The van der Waals surface area contributed by atoms with E-state index in [4.69, 9.17) is 14.7 Å². The Hall–Kier alpha value is -3.83. The summed E-state index contributed by atoms with van der Waals surface area (Å²) < 4.78 is 23.8. The first kappa shape index (κ1) is 33.7. The van der Waals surface area contributed by atoms with Crippen molar-refractivity contribution in [3.8, 4) is 0 Å². The van der Waals surface area contributed by atoms with Gasteiger partial charge in [-0.15, -0.1) is 0 Å². The molecule has 0 spiro atoms. The molecule has 0 amide bonds. The van der Waals surface area contributed by atoms with Crippen LogP contribution in [0, 0.1) is 5.82 Å². The van der Waals surface area contributed by atoms with Gasteiger partial charge in [0.1, 0.15) is 11.6 Å². The Morgan fingerprint density at radius 3 is 2.00 bits per heavy atom. The number of anilines is 1. The second-order valence-corrected chi connectivity index (χ2v) is 13.6. The summed E-state index contributed by atoms with van der Waals surface area (Å²) >= 11 is 0. The van der Waals surface area contributed by atoms with Crippen LogP contribution in [-0.2, 0) is 24.4 Å². The number of benzene rings is 3. The van der Waals surface area contributed by atoms with Gasteiger partial charge in [0.15, 0.2) is 0 Å². The number of unbranched alkanes of at least 4 members (excludes halogenated alkanes) is 1. The lowest BCUT2D eigenvalue weighted by Crippen LogP contribution is -2.46. The number of aromatic nitrogens is 4. The largest absolute Gasteiger partial charge is 0.380 e. The van der Waals surface area contributed by atoms with Crippen molar-refractivity contribution in [2.24, 2.45) is 0 Å². The van der Waals surface area contributed by atoms with E-state index in [0.717, 1.165) is 112 Å². The minimum atomic E-state index is -0.207. The summed E-state index contributed by atoms with van der Waals surface area (Å²) in [6, 6.07) is 23.9. The summed E-state index contributed by atoms with van der Waals surface area (Å²) in [6.07, 6.45) is 4.72. The Morgan fingerprint density at radius 2 is 1.31 bits per heavy atom. The molecule has 2 aliphatic rings. The van der Waals surface area contributed by atoms with Gasteiger partial charge in [-0.3, -0.25) is 4.90 Å². The SMILES string of the molecule is CCOCCn1c(CN2CCN(CCCCN3CCC(Nc4nc5ccccc5n4Cc4ccc(F)cc4)CC3)CC2)nc2ccccc21. The minimum absolute atomic E-state index is 0.207. The third-order valence-electron chi connectivity index (χ3n) is 10.3. The van der Waals surface area contributed by atoms with Gasteiger partial charge in [-0.2, -0.15) is 0 Å². The number of fused-ring (bicyclic) bond motifs is 2. The number of hydrogen-bond acceptors (Lipinski definition) is 7. The average Bonchev–Trinajstić information content (AvgIpc) is 3.66. The standard InChI is InChI=1S/C39H51FN8O/c1-2-49-28-27-47-36-11-5-3-9-34(36)42-38(47)30-46-25-23-45(24-26-46)20-8-7-19-44-21-17-33(18-22-44)41-39-43-35-10-4-6-12-37(35)48(39)29-31-13-15-32(40)16-14-31/h3-6,9-16,33H,2,7-8,17-30H2,1H3,(H,41,43). The lowest BCUT2D eigenvalue weighted by molar-refractivity contribution is 0.117. The summed E-state index contributed by atoms with van der Waals surface area (Å²) in [5.41, 5.74) is 5.43. The summed E-state index contributed by atoms with van der Waals surface area (Å²) in [6.45, 7) is 14.9.